The maximum Gasteiger partial charge on any atom is 0.256 e. The number of para-hydroxylation sites is 1. The van der Waals surface area contributed by atoms with Gasteiger partial charge in [0.2, 0.25) is 0 Å². The molecule has 0 aliphatic rings. The lowest BCUT2D eigenvalue weighted by atomic mass is 10.2. The Kier molecular flexibility index (Phi) is 4.94. The van der Waals surface area contributed by atoms with Crippen LogP contribution in [0.5, 0.6) is 5.75 Å². The number of carbonyl (C=O) groups excluding carboxylic acids is 1. The minimum atomic E-state index is -0.279. The molecule has 2 heterocycles. The predicted molar refractivity (Wildman–Crippen MR) is 99.7 cm³/mol. The highest BCUT2D eigenvalue weighted by molar-refractivity contribution is 7.10. The second kappa shape index (κ2) is 7.14. The molecular formula is C18H21N3O3S. The molecule has 132 valence electrons. The van der Waals surface area contributed by atoms with E-state index in [1.54, 1.807) is 7.05 Å². The Morgan fingerprint density at radius 2 is 2.24 bits per heavy atom. The Morgan fingerprint density at radius 1 is 1.44 bits per heavy atom. The molecule has 0 aliphatic heterocycles. The van der Waals surface area contributed by atoms with Gasteiger partial charge in [-0.2, -0.15) is 4.37 Å². The summed E-state index contributed by atoms with van der Waals surface area (Å²) in [5.74, 6) is 1.22. The fourth-order valence-corrected chi connectivity index (χ4v) is 3.43. The van der Waals surface area contributed by atoms with Gasteiger partial charge in [-0.25, -0.2) is 0 Å². The summed E-state index contributed by atoms with van der Waals surface area (Å²) in [5.41, 5.74) is 1.98. The minimum absolute atomic E-state index is 0.173. The highest BCUT2D eigenvalue weighted by atomic mass is 32.1. The number of furan rings is 1. The van der Waals surface area contributed by atoms with Crippen LogP contribution < -0.4 is 15.4 Å². The van der Waals surface area contributed by atoms with Crippen LogP contribution in [-0.2, 0) is 0 Å². The average molecular weight is 359 g/mol. The molecule has 6 nitrogen and oxygen atoms in total. The van der Waals surface area contributed by atoms with E-state index in [9.17, 15) is 4.79 Å². The van der Waals surface area contributed by atoms with Crippen molar-refractivity contribution in [2.45, 2.75) is 26.8 Å². The number of fused-ring (bicyclic) bond motifs is 1. The van der Waals surface area contributed by atoms with E-state index in [1.807, 2.05) is 45.0 Å². The van der Waals surface area contributed by atoms with Gasteiger partial charge in [-0.3, -0.25) is 4.79 Å². The molecule has 0 aliphatic carbocycles. The van der Waals surface area contributed by atoms with Gasteiger partial charge >= 0.3 is 0 Å². The highest BCUT2D eigenvalue weighted by Crippen LogP contribution is 2.31. The molecule has 0 saturated heterocycles. The van der Waals surface area contributed by atoms with Crippen LogP contribution in [0.25, 0.3) is 11.0 Å². The summed E-state index contributed by atoms with van der Waals surface area (Å²) in [6.07, 6.45) is 0. The summed E-state index contributed by atoms with van der Waals surface area (Å²) >= 11 is 1.28. The van der Waals surface area contributed by atoms with Crippen molar-refractivity contribution in [2.75, 3.05) is 19.0 Å². The number of anilines is 1. The zero-order valence-corrected chi connectivity index (χ0v) is 15.5. The summed E-state index contributed by atoms with van der Waals surface area (Å²) < 4.78 is 15.8. The van der Waals surface area contributed by atoms with Crippen LogP contribution in [0, 0.1) is 6.92 Å². The van der Waals surface area contributed by atoms with E-state index in [4.69, 9.17) is 9.15 Å². The van der Waals surface area contributed by atoms with E-state index in [1.165, 1.54) is 11.5 Å². The molecule has 25 heavy (non-hydrogen) atoms. The molecular weight excluding hydrogens is 338 g/mol. The largest absolute Gasteiger partial charge is 0.490 e. The smallest absolute Gasteiger partial charge is 0.256 e. The van der Waals surface area contributed by atoms with Gasteiger partial charge in [0.25, 0.3) is 5.91 Å². The number of aryl methyl sites for hydroxylation is 1. The first-order chi connectivity index (χ1) is 12.0. The van der Waals surface area contributed by atoms with Crippen LogP contribution in [0.2, 0.25) is 0 Å². The minimum Gasteiger partial charge on any atom is -0.490 e. The second-order valence-electron chi connectivity index (χ2n) is 5.67. The number of amides is 1. The molecule has 1 aromatic carbocycles. The van der Waals surface area contributed by atoms with Crippen molar-refractivity contribution >= 4 is 33.4 Å². The lowest BCUT2D eigenvalue weighted by Crippen LogP contribution is -2.27. The molecule has 3 rings (SSSR count). The molecule has 1 atom stereocenters. The van der Waals surface area contributed by atoms with Crippen LogP contribution in [0.15, 0.2) is 28.7 Å². The van der Waals surface area contributed by atoms with Crippen molar-refractivity contribution in [1.29, 1.82) is 0 Å². The SMILES string of the molecule is CCOc1cccc2cc(C(C)NC(=O)c3c(C)nsc3NC)oc12. The summed E-state index contributed by atoms with van der Waals surface area (Å²) in [7, 11) is 1.78. The number of aromatic nitrogens is 1. The number of benzene rings is 1. The molecule has 7 heteroatoms. The highest BCUT2D eigenvalue weighted by Gasteiger charge is 2.21. The number of nitrogens with one attached hydrogen (secondary N) is 2. The van der Waals surface area contributed by atoms with Crippen LogP contribution in [0.1, 0.15) is 41.7 Å². The van der Waals surface area contributed by atoms with Crippen LogP contribution in [0.4, 0.5) is 5.00 Å². The third-order valence-corrected chi connectivity index (χ3v) is 4.87. The molecule has 1 unspecified atom stereocenters. The Balaban J connectivity index is 1.85. The molecule has 2 aromatic heterocycles. The quantitative estimate of drug-likeness (QED) is 0.692. The summed E-state index contributed by atoms with van der Waals surface area (Å²) in [5, 5.41) is 7.69. The number of nitrogens with zero attached hydrogens (tertiary/aromatic N) is 1. The van der Waals surface area contributed by atoms with E-state index in [0.29, 0.717) is 35.0 Å². The lowest BCUT2D eigenvalue weighted by Gasteiger charge is -2.12. The monoisotopic (exact) mass is 359 g/mol. The van der Waals surface area contributed by atoms with Crippen molar-refractivity contribution in [2.24, 2.45) is 0 Å². The number of ether oxygens (including phenoxy) is 1. The molecule has 2 N–H and O–H groups in total. The normalized spacial score (nSPS) is 12.2. The number of carbonyl (C=O) groups is 1. The van der Waals surface area contributed by atoms with Gasteiger partial charge in [-0.1, -0.05) is 12.1 Å². The third-order valence-electron chi connectivity index (χ3n) is 3.92. The number of hydrogen-bond donors (Lipinski definition) is 2. The topological polar surface area (TPSA) is 76.4 Å². The molecule has 0 fully saturated rings. The van der Waals surface area contributed by atoms with Crippen LogP contribution in [0.3, 0.4) is 0 Å². The van der Waals surface area contributed by atoms with E-state index in [2.05, 4.69) is 15.0 Å². The molecule has 0 spiro atoms. The van der Waals surface area contributed by atoms with E-state index in [0.717, 1.165) is 10.4 Å². The van der Waals surface area contributed by atoms with Gasteiger partial charge in [0.15, 0.2) is 11.3 Å². The third kappa shape index (κ3) is 3.32. The Bertz CT molecular complexity index is 900. The van der Waals surface area contributed by atoms with Crippen molar-refractivity contribution in [3.8, 4) is 5.75 Å². The zero-order valence-electron chi connectivity index (χ0n) is 14.7. The van der Waals surface area contributed by atoms with Crippen molar-refractivity contribution in [1.82, 2.24) is 9.69 Å². The number of rotatable bonds is 6. The van der Waals surface area contributed by atoms with E-state index >= 15 is 0 Å². The fourth-order valence-electron chi connectivity index (χ4n) is 2.69. The predicted octanol–water partition coefficient (Wildman–Crippen LogP) is 4.13. The average Bonchev–Trinajstić information content (AvgIpc) is 3.19. The van der Waals surface area contributed by atoms with Gasteiger partial charge in [0, 0.05) is 12.4 Å². The maximum atomic E-state index is 12.6. The molecule has 3 aromatic rings. The standard InChI is InChI=1S/C18H21N3O3S/c1-5-23-13-8-6-7-12-9-14(24-16(12)13)10(2)20-17(22)15-11(3)21-25-18(15)19-4/h6-10,19H,5H2,1-4H3,(H,20,22). The Labute approximate surface area is 150 Å². The Morgan fingerprint density at radius 3 is 2.96 bits per heavy atom. The van der Waals surface area contributed by atoms with Gasteiger partial charge < -0.3 is 19.8 Å². The van der Waals surface area contributed by atoms with Crippen LogP contribution in [-0.4, -0.2) is 23.9 Å². The molecule has 0 radical (unpaired) electrons. The summed E-state index contributed by atoms with van der Waals surface area (Å²) in [6.45, 7) is 6.22. The van der Waals surface area contributed by atoms with E-state index in [-0.39, 0.29) is 11.9 Å². The van der Waals surface area contributed by atoms with Gasteiger partial charge in [-0.15, -0.1) is 0 Å². The zero-order chi connectivity index (χ0) is 18.0. The maximum absolute atomic E-state index is 12.6. The van der Waals surface area contributed by atoms with Crippen molar-refractivity contribution in [3.63, 3.8) is 0 Å². The molecule has 0 saturated carbocycles. The van der Waals surface area contributed by atoms with Gasteiger partial charge in [0.1, 0.15) is 10.8 Å². The van der Waals surface area contributed by atoms with Crippen LogP contribution >= 0.6 is 11.5 Å². The number of hydrogen-bond acceptors (Lipinski definition) is 6. The lowest BCUT2D eigenvalue weighted by molar-refractivity contribution is 0.0936. The first kappa shape index (κ1) is 17.3. The molecule has 1 amide bonds. The molecule has 0 bridgehead atoms. The first-order valence-electron chi connectivity index (χ1n) is 8.15. The fraction of sp³-hybridized carbons (Fsp3) is 0.333. The van der Waals surface area contributed by atoms with Crippen molar-refractivity contribution in [3.05, 3.63) is 41.3 Å². The second-order valence-corrected chi connectivity index (χ2v) is 6.45. The first-order valence-corrected chi connectivity index (χ1v) is 8.92. The van der Waals surface area contributed by atoms with Gasteiger partial charge in [-0.05, 0) is 44.4 Å². The Hall–Kier alpha value is -2.54. The van der Waals surface area contributed by atoms with Crippen molar-refractivity contribution < 1.29 is 13.9 Å². The summed E-state index contributed by atoms with van der Waals surface area (Å²) in [4.78, 5) is 12.6. The van der Waals surface area contributed by atoms with Gasteiger partial charge in [0.05, 0.1) is 23.9 Å². The summed E-state index contributed by atoms with van der Waals surface area (Å²) in [6, 6.07) is 7.42. The van der Waals surface area contributed by atoms with E-state index < -0.39 is 0 Å².